The van der Waals surface area contributed by atoms with Gasteiger partial charge in [0.1, 0.15) is 0 Å². The highest BCUT2D eigenvalue weighted by atomic mass is 16.3. The molecule has 1 saturated heterocycles. The van der Waals surface area contributed by atoms with Crippen molar-refractivity contribution in [2.24, 2.45) is 0 Å². The molecule has 1 fully saturated rings. The van der Waals surface area contributed by atoms with E-state index in [1.165, 1.54) is 27.4 Å². The van der Waals surface area contributed by atoms with Crippen LogP contribution in [0.4, 0.5) is 0 Å². The Hall–Kier alpha value is -1.88. The predicted octanol–water partition coefficient (Wildman–Crippen LogP) is 2.75. The zero-order valence-electron chi connectivity index (χ0n) is 14.2. The number of hydrogen-bond acceptors (Lipinski definition) is 3. The van der Waals surface area contributed by atoms with E-state index in [9.17, 15) is 5.11 Å². The van der Waals surface area contributed by atoms with Crippen molar-refractivity contribution >= 4 is 21.8 Å². The Bertz CT molecular complexity index is 849. The average molecular weight is 323 g/mol. The summed E-state index contributed by atoms with van der Waals surface area (Å²) in [4.78, 5) is 2.39. The summed E-state index contributed by atoms with van der Waals surface area (Å²) >= 11 is 0. The van der Waals surface area contributed by atoms with Crippen molar-refractivity contribution in [3.05, 3.63) is 48.0 Å². The lowest BCUT2D eigenvalue weighted by Crippen LogP contribution is -2.46. The Morgan fingerprint density at radius 3 is 2.54 bits per heavy atom. The maximum Gasteiger partial charge on any atom is 0.0628 e. The fourth-order valence-corrected chi connectivity index (χ4v) is 4.04. The molecule has 1 aliphatic heterocycles. The lowest BCUT2D eigenvalue weighted by Gasteiger charge is -2.34. The molecule has 0 radical (unpaired) electrons. The number of rotatable bonds is 4. The van der Waals surface area contributed by atoms with Crippen molar-refractivity contribution in [1.82, 2.24) is 14.8 Å². The van der Waals surface area contributed by atoms with Crippen molar-refractivity contribution in [3.8, 4) is 0 Å². The Balaban J connectivity index is 1.83. The van der Waals surface area contributed by atoms with E-state index in [1.807, 2.05) is 0 Å². The van der Waals surface area contributed by atoms with Gasteiger partial charge in [-0.2, -0.15) is 0 Å². The second kappa shape index (κ2) is 6.55. The molecule has 0 bridgehead atoms. The molecular weight excluding hydrogens is 298 g/mol. The molecule has 2 N–H and O–H groups in total. The second-order valence-electron chi connectivity index (χ2n) is 6.52. The first-order valence-corrected chi connectivity index (χ1v) is 8.90. The van der Waals surface area contributed by atoms with E-state index in [0.29, 0.717) is 0 Å². The van der Waals surface area contributed by atoms with Gasteiger partial charge in [-0.3, -0.25) is 4.90 Å². The summed E-state index contributed by atoms with van der Waals surface area (Å²) in [7, 11) is 0. The number of aromatic nitrogens is 1. The molecule has 0 saturated carbocycles. The summed E-state index contributed by atoms with van der Waals surface area (Å²) in [6.07, 6.45) is 0. The molecule has 1 aromatic heterocycles. The van der Waals surface area contributed by atoms with Gasteiger partial charge >= 0.3 is 0 Å². The van der Waals surface area contributed by atoms with E-state index in [-0.39, 0.29) is 12.6 Å². The molecule has 0 aliphatic carbocycles. The standard InChI is InChI=1S/C20H25N3O/c1-2-23-18-6-4-3-5-16(18)17-13-15(7-8-19(17)23)20(14-24)22-11-9-21-10-12-22/h3-8,13,20-21,24H,2,9-12,14H2,1H3/t20-/m1/s1. The van der Waals surface area contributed by atoms with Crippen molar-refractivity contribution < 1.29 is 5.11 Å². The Kier molecular flexibility index (Phi) is 4.27. The van der Waals surface area contributed by atoms with E-state index >= 15 is 0 Å². The van der Waals surface area contributed by atoms with Gasteiger partial charge in [-0.15, -0.1) is 0 Å². The maximum absolute atomic E-state index is 10.0. The van der Waals surface area contributed by atoms with E-state index in [1.54, 1.807) is 0 Å². The van der Waals surface area contributed by atoms with Crippen LogP contribution >= 0.6 is 0 Å². The fourth-order valence-electron chi connectivity index (χ4n) is 4.04. The summed E-state index contributed by atoms with van der Waals surface area (Å²) in [5, 5.41) is 16.0. The first kappa shape index (κ1) is 15.6. The summed E-state index contributed by atoms with van der Waals surface area (Å²) in [6, 6.07) is 15.4. The number of aliphatic hydroxyl groups is 1. The molecule has 4 rings (SSSR count). The molecule has 126 valence electrons. The van der Waals surface area contributed by atoms with Gasteiger partial charge in [0, 0.05) is 54.5 Å². The molecule has 0 unspecified atom stereocenters. The van der Waals surface area contributed by atoms with Crippen LogP contribution in [0, 0.1) is 0 Å². The smallest absolute Gasteiger partial charge is 0.0628 e. The van der Waals surface area contributed by atoms with Crippen LogP contribution in [0.15, 0.2) is 42.5 Å². The highest BCUT2D eigenvalue weighted by molar-refractivity contribution is 6.08. The number of aryl methyl sites for hydroxylation is 1. The van der Waals surface area contributed by atoms with Crippen molar-refractivity contribution in [2.75, 3.05) is 32.8 Å². The zero-order chi connectivity index (χ0) is 16.5. The van der Waals surface area contributed by atoms with Gasteiger partial charge in [-0.25, -0.2) is 0 Å². The number of nitrogens with zero attached hydrogens (tertiary/aromatic N) is 2. The van der Waals surface area contributed by atoms with E-state index in [2.05, 4.69) is 64.2 Å². The number of para-hydroxylation sites is 1. The number of nitrogens with one attached hydrogen (secondary N) is 1. The maximum atomic E-state index is 10.0. The zero-order valence-corrected chi connectivity index (χ0v) is 14.2. The molecule has 24 heavy (non-hydrogen) atoms. The van der Waals surface area contributed by atoms with E-state index in [4.69, 9.17) is 0 Å². The van der Waals surface area contributed by atoms with Gasteiger partial charge in [0.15, 0.2) is 0 Å². The van der Waals surface area contributed by atoms with Crippen molar-refractivity contribution in [3.63, 3.8) is 0 Å². The quantitative estimate of drug-likeness (QED) is 0.776. The second-order valence-corrected chi connectivity index (χ2v) is 6.52. The summed E-state index contributed by atoms with van der Waals surface area (Å²) in [6.45, 7) is 7.28. The van der Waals surface area contributed by atoms with E-state index in [0.717, 1.165) is 32.7 Å². The minimum absolute atomic E-state index is 0.0836. The largest absolute Gasteiger partial charge is 0.394 e. The Labute approximate surface area is 142 Å². The molecule has 4 nitrogen and oxygen atoms in total. The molecule has 0 spiro atoms. The molecule has 3 aromatic rings. The Morgan fingerprint density at radius 1 is 1.04 bits per heavy atom. The van der Waals surface area contributed by atoms with Crippen LogP contribution in [-0.2, 0) is 6.54 Å². The number of benzene rings is 2. The molecule has 1 atom stereocenters. The Morgan fingerprint density at radius 2 is 1.79 bits per heavy atom. The third kappa shape index (κ3) is 2.51. The van der Waals surface area contributed by atoms with Crippen LogP contribution in [-0.4, -0.2) is 47.4 Å². The molecule has 0 amide bonds. The normalized spacial score (nSPS) is 17.6. The van der Waals surface area contributed by atoms with Crippen molar-refractivity contribution in [2.45, 2.75) is 19.5 Å². The third-order valence-corrected chi connectivity index (χ3v) is 5.26. The van der Waals surface area contributed by atoms with Gasteiger partial charge in [0.2, 0.25) is 0 Å². The van der Waals surface area contributed by atoms with Gasteiger partial charge in [0.25, 0.3) is 0 Å². The van der Waals surface area contributed by atoms with Gasteiger partial charge < -0.3 is 15.0 Å². The van der Waals surface area contributed by atoms with Gasteiger partial charge in [-0.05, 0) is 30.7 Å². The van der Waals surface area contributed by atoms with Crippen LogP contribution in [0.5, 0.6) is 0 Å². The number of fused-ring (bicyclic) bond motifs is 3. The average Bonchev–Trinajstić information content (AvgIpc) is 2.96. The first-order chi connectivity index (χ1) is 11.8. The lowest BCUT2D eigenvalue weighted by molar-refractivity contribution is 0.111. The highest BCUT2D eigenvalue weighted by Gasteiger charge is 2.22. The van der Waals surface area contributed by atoms with Crippen LogP contribution < -0.4 is 5.32 Å². The fraction of sp³-hybridized carbons (Fsp3) is 0.400. The van der Waals surface area contributed by atoms with Crippen LogP contribution in [0.1, 0.15) is 18.5 Å². The van der Waals surface area contributed by atoms with Gasteiger partial charge in [-0.1, -0.05) is 24.3 Å². The topological polar surface area (TPSA) is 40.4 Å². The molecule has 2 heterocycles. The summed E-state index contributed by atoms with van der Waals surface area (Å²) < 4.78 is 2.37. The number of piperazine rings is 1. The van der Waals surface area contributed by atoms with Crippen LogP contribution in [0.2, 0.25) is 0 Å². The van der Waals surface area contributed by atoms with Crippen molar-refractivity contribution in [1.29, 1.82) is 0 Å². The molecule has 4 heteroatoms. The molecule has 2 aromatic carbocycles. The predicted molar refractivity (Wildman–Crippen MR) is 99.4 cm³/mol. The molecular formula is C20H25N3O. The summed E-state index contributed by atoms with van der Waals surface area (Å²) in [5.41, 5.74) is 3.78. The minimum Gasteiger partial charge on any atom is -0.394 e. The highest BCUT2D eigenvalue weighted by Crippen LogP contribution is 2.32. The van der Waals surface area contributed by atoms with E-state index < -0.39 is 0 Å². The van der Waals surface area contributed by atoms with Gasteiger partial charge in [0.05, 0.1) is 12.6 Å². The lowest BCUT2D eigenvalue weighted by atomic mass is 10.0. The number of aliphatic hydroxyl groups excluding tert-OH is 1. The SMILES string of the molecule is CCn1c2ccccc2c2cc([C@@H](CO)N3CCNCC3)ccc21. The van der Waals surface area contributed by atoms with Crippen LogP contribution in [0.25, 0.3) is 21.8 Å². The number of hydrogen-bond donors (Lipinski definition) is 2. The monoisotopic (exact) mass is 323 g/mol. The minimum atomic E-state index is 0.0836. The third-order valence-electron chi connectivity index (χ3n) is 5.26. The van der Waals surface area contributed by atoms with Crippen LogP contribution in [0.3, 0.4) is 0 Å². The summed E-state index contributed by atoms with van der Waals surface area (Å²) in [5.74, 6) is 0. The molecule has 1 aliphatic rings. The first-order valence-electron chi connectivity index (χ1n) is 8.90.